The van der Waals surface area contributed by atoms with Crippen molar-refractivity contribution >= 4 is 0 Å². The van der Waals surface area contributed by atoms with Crippen LogP contribution in [0.15, 0.2) is 24.0 Å². The van der Waals surface area contributed by atoms with Gasteiger partial charge in [-0.3, -0.25) is 0 Å². The first-order valence-corrected chi connectivity index (χ1v) is 7.67. The van der Waals surface area contributed by atoms with E-state index in [2.05, 4.69) is 16.4 Å². The van der Waals surface area contributed by atoms with Crippen molar-refractivity contribution < 1.29 is 27.0 Å². The molecule has 1 aliphatic rings. The van der Waals surface area contributed by atoms with Gasteiger partial charge in [0.1, 0.15) is 5.56 Å². The number of methoxy groups -OCH3 is 1. The highest BCUT2D eigenvalue weighted by Crippen LogP contribution is 2.39. The molecule has 2 rings (SSSR count). The Kier molecular flexibility index (Phi) is 5.55. The van der Waals surface area contributed by atoms with Crippen LogP contribution in [-0.2, 0) is 10.8 Å². The molecule has 0 amide bonds. The summed E-state index contributed by atoms with van der Waals surface area (Å²) in [6.45, 7) is 2.07. The van der Waals surface area contributed by atoms with E-state index in [-0.39, 0.29) is 5.76 Å². The lowest BCUT2D eigenvalue weighted by Gasteiger charge is -2.25. The summed E-state index contributed by atoms with van der Waals surface area (Å²) in [4.78, 5) is 0. The van der Waals surface area contributed by atoms with E-state index in [0.29, 0.717) is 18.8 Å². The van der Waals surface area contributed by atoms with Crippen molar-refractivity contribution in [2.24, 2.45) is 5.92 Å². The minimum atomic E-state index is -3.93. The van der Waals surface area contributed by atoms with Crippen molar-refractivity contribution in [3.63, 3.8) is 0 Å². The normalized spacial score (nSPS) is 18.5. The number of ether oxygens (including phenoxy) is 2. The first-order chi connectivity index (χ1) is 10.9. The molecule has 0 aliphatic heterocycles. The lowest BCUT2D eigenvalue weighted by molar-refractivity contribution is -0.228. The van der Waals surface area contributed by atoms with Gasteiger partial charge in [0.05, 0.1) is 12.9 Å². The Labute approximate surface area is 133 Å². The lowest BCUT2D eigenvalue weighted by Crippen LogP contribution is -2.22. The van der Waals surface area contributed by atoms with Gasteiger partial charge in [0.25, 0.3) is 0 Å². The number of halogens is 4. The fourth-order valence-corrected chi connectivity index (χ4v) is 2.76. The molecule has 0 aromatic heterocycles. The third-order valence-corrected chi connectivity index (χ3v) is 4.01. The standard InChI is InChI=1S/C17H20F4O2/c1-3-4-11-5-7-12(8-6-11)23-17(20,21)13-9-10-14(22-2)16(19)15(13)18/h7,9-11H,3-6,8H2,1-2H3. The molecule has 6 heteroatoms. The van der Waals surface area contributed by atoms with Crippen molar-refractivity contribution in [2.45, 2.75) is 45.1 Å². The first kappa shape index (κ1) is 17.6. The van der Waals surface area contributed by atoms with E-state index < -0.39 is 29.1 Å². The van der Waals surface area contributed by atoms with Gasteiger partial charge < -0.3 is 9.47 Å². The van der Waals surface area contributed by atoms with Gasteiger partial charge in [0.2, 0.25) is 5.82 Å². The molecule has 0 fully saturated rings. The highest BCUT2D eigenvalue weighted by molar-refractivity contribution is 5.32. The minimum absolute atomic E-state index is 0.123. The summed E-state index contributed by atoms with van der Waals surface area (Å²) in [6.07, 6.45) is 1.57. The van der Waals surface area contributed by atoms with E-state index in [1.165, 1.54) is 0 Å². The second-order valence-electron chi connectivity index (χ2n) is 5.66. The molecule has 0 heterocycles. The van der Waals surface area contributed by atoms with E-state index in [0.717, 1.165) is 38.5 Å². The number of hydrogen-bond donors (Lipinski definition) is 0. The Morgan fingerprint density at radius 2 is 1.96 bits per heavy atom. The van der Waals surface area contributed by atoms with E-state index in [4.69, 9.17) is 0 Å². The molecule has 1 aromatic rings. The van der Waals surface area contributed by atoms with Gasteiger partial charge in [-0.25, -0.2) is 4.39 Å². The molecule has 1 aromatic carbocycles. The Morgan fingerprint density at radius 3 is 2.52 bits per heavy atom. The predicted molar refractivity (Wildman–Crippen MR) is 78.2 cm³/mol. The van der Waals surface area contributed by atoms with Crippen LogP contribution in [0.3, 0.4) is 0 Å². The van der Waals surface area contributed by atoms with Crippen LogP contribution < -0.4 is 4.74 Å². The third-order valence-electron chi connectivity index (χ3n) is 4.01. The van der Waals surface area contributed by atoms with Gasteiger partial charge in [-0.15, -0.1) is 0 Å². The van der Waals surface area contributed by atoms with Crippen molar-refractivity contribution in [1.82, 2.24) is 0 Å². The molecule has 1 atom stereocenters. The van der Waals surface area contributed by atoms with Gasteiger partial charge in [-0.05, 0) is 37.0 Å². The Balaban J connectivity index is 2.15. The molecule has 23 heavy (non-hydrogen) atoms. The summed E-state index contributed by atoms with van der Waals surface area (Å²) in [5.41, 5.74) is -1.13. The highest BCUT2D eigenvalue weighted by Gasteiger charge is 2.40. The van der Waals surface area contributed by atoms with Crippen LogP contribution >= 0.6 is 0 Å². The zero-order chi connectivity index (χ0) is 17.0. The molecule has 0 N–H and O–H groups in total. The zero-order valence-electron chi connectivity index (χ0n) is 13.2. The second kappa shape index (κ2) is 7.23. The molecule has 2 nitrogen and oxygen atoms in total. The van der Waals surface area contributed by atoms with Gasteiger partial charge in [0, 0.05) is 6.42 Å². The Morgan fingerprint density at radius 1 is 1.22 bits per heavy atom. The fraction of sp³-hybridized carbons (Fsp3) is 0.529. The largest absolute Gasteiger partial charge is 0.494 e. The minimum Gasteiger partial charge on any atom is -0.494 e. The summed E-state index contributed by atoms with van der Waals surface area (Å²) >= 11 is 0. The topological polar surface area (TPSA) is 18.5 Å². The van der Waals surface area contributed by atoms with Gasteiger partial charge in [-0.2, -0.15) is 13.2 Å². The number of allylic oxidation sites excluding steroid dienone is 2. The van der Waals surface area contributed by atoms with Crippen LogP contribution in [0.5, 0.6) is 5.75 Å². The summed E-state index contributed by atoms with van der Waals surface area (Å²) in [5.74, 6) is -2.95. The molecule has 0 saturated carbocycles. The molecule has 128 valence electrons. The van der Waals surface area contributed by atoms with Gasteiger partial charge >= 0.3 is 6.11 Å². The average Bonchev–Trinajstić information content (AvgIpc) is 2.51. The van der Waals surface area contributed by atoms with Crippen LogP contribution in [-0.4, -0.2) is 7.11 Å². The van der Waals surface area contributed by atoms with Crippen LogP contribution in [0.4, 0.5) is 17.6 Å². The van der Waals surface area contributed by atoms with Crippen LogP contribution in [0.1, 0.15) is 44.6 Å². The summed E-state index contributed by atoms with van der Waals surface area (Å²) in [6, 6.07) is 1.73. The van der Waals surface area contributed by atoms with Crippen molar-refractivity contribution in [3.05, 3.63) is 41.2 Å². The van der Waals surface area contributed by atoms with Gasteiger partial charge in [-0.1, -0.05) is 19.8 Å². The molecular weight excluding hydrogens is 312 g/mol. The highest BCUT2D eigenvalue weighted by atomic mass is 19.3. The number of alkyl halides is 2. The third kappa shape index (κ3) is 3.98. The van der Waals surface area contributed by atoms with Crippen molar-refractivity contribution in [3.8, 4) is 5.75 Å². The Bertz CT molecular complexity index is 584. The monoisotopic (exact) mass is 332 g/mol. The summed E-state index contributed by atoms with van der Waals surface area (Å²) < 4.78 is 65.0. The smallest absolute Gasteiger partial charge is 0.429 e. The summed E-state index contributed by atoms with van der Waals surface area (Å²) in [5, 5.41) is 0. The van der Waals surface area contributed by atoms with Crippen molar-refractivity contribution in [2.75, 3.05) is 7.11 Å². The van der Waals surface area contributed by atoms with E-state index in [1.54, 1.807) is 6.08 Å². The molecule has 0 saturated heterocycles. The summed E-state index contributed by atoms with van der Waals surface area (Å²) in [7, 11) is 1.13. The molecule has 0 radical (unpaired) electrons. The molecular formula is C17H20F4O2. The van der Waals surface area contributed by atoms with Crippen LogP contribution in [0.25, 0.3) is 0 Å². The van der Waals surface area contributed by atoms with E-state index in [1.807, 2.05) is 0 Å². The second-order valence-corrected chi connectivity index (χ2v) is 5.66. The van der Waals surface area contributed by atoms with Gasteiger partial charge in [0.15, 0.2) is 11.6 Å². The SMILES string of the molecule is CCCC1CC=C(OC(F)(F)c2ccc(OC)c(F)c2F)CC1. The molecule has 1 aliphatic carbocycles. The average molecular weight is 332 g/mol. The van der Waals surface area contributed by atoms with E-state index >= 15 is 0 Å². The number of rotatable bonds is 6. The maximum absolute atomic E-state index is 14.2. The number of hydrogen-bond acceptors (Lipinski definition) is 2. The molecule has 1 unspecified atom stereocenters. The van der Waals surface area contributed by atoms with Crippen molar-refractivity contribution in [1.29, 1.82) is 0 Å². The molecule has 0 spiro atoms. The van der Waals surface area contributed by atoms with Crippen LogP contribution in [0, 0.1) is 17.6 Å². The fourth-order valence-electron chi connectivity index (χ4n) is 2.76. The lowest BCUT2D eigenvalue weighted by atomic mass is 9.90. The predicted octanol–water partition coefficient (Wildman–Crippen LogP) is 5.52. The maximum atomic E-state index is 14.2. The molecule has 0 bridgehead atoms. The maximum Gasteiger partial charge on any atom is 0.429 e. The quantitative estimate of drug-likeness (QED) is 0.638. The Hall–Kier alpha value is -1.72. The first-order valence-electron chi connectivity index (χ1n) is 7.67. The van der Waals surface area contributed by atoms with Crippen LogP contribution in [0.2, 0.25) is 0 Å². The number of benzene rings is 1. The van der Waals surface area contributed by atoms with E-state index in [9.17, 15) is 17.6 Å². The zero-order valence-corrected chi connectivity index (χ0v) is 13.2.